The fraction of sp³-hybridized carbons (Fsp3) is 0.304. The molecule has 28 heavy (non-hydrogen) atoms. The van der Waals surface area contributed by atoms with Crippen LogP contribution in [-0.4, -0.2) is 28.2 Å². The molecule has 2 aromatic rings. The zero-order valence-corrected chi connectivity index (χ0v) is 17.5. The van der Waals surface area contributed by atoms with Gasteiger partial charge in [-0.2, -0.15) is 0 Å². The average Bonchev–Trinajstić information content (AvgIpc) is 2.97. The highest BCUT2D eigenvalue weighted by Gasteiger charge is 2.45. The van der Waals surface area contributed by atoms with E-state index in [0.29, 0.717) is 12.1 Å². The van der Waals surface area contributed by atoms with Gasteiger partial charge in [-0.05, 0) is 24.1 Å². The Morgan fingerprint density at radius 3 is 2.32 bits per heavy atom. The zero-order chi connectivity index (χ0) is 20.1. The molecular formula is C23H24BrNO3. The van der Waals surface area contributed by atoms with Crippen molar-refractivity contribution in [3.05, 3.63) is 75.8 Å². The number of carbonyl (C=O) groups is 2. The fourth-order valence-electron chi connectivity index (χ4n) is 3.56. The van der Waals surface area contributed by atoms with Crippen molar-refractivity contribution in [2.75, 3.05) is 6.54 Å². The highest BCUT2D eigenvalue weighted by Crippen LogP contribution is 2.39. The molecule has 1 aliphatic rings. The van der Waals surface area contributed by atoms with E-state index in [9.17, 15) is 14.7 Å². The molecule has 1 amide bonds. The lowest BCUT2D eigenvalue weighted by Gasteiger charge is -2.25. The van der Waals surface area contributed by atoms with E-state index in [2.05, 4.69) is 22.9 Å². The van der Waals surface area contributed by atoms with Crippen molar-refractivity contribution < 1.29 is 14.7 Å². The van der Waals surface area contributed by atoms with Gasteiger partial charge in [-0.25, -0.2) is 0 Å². The summed E-state index contributed by atoms with van der Waals surface area (Å²) >= 11 is 3.42. The van der Waals surface area contributed by atoms with Crippen LogP contribution < -0.4 is 0 Å². The van der Waals surface area contributed by atoms with Crippen LogP contribution in [0.3, 0.4) is 0 Å². The summed E-state index contributed by atoms with van der Waals surface area (Å²) in [5.41, 5.74) is 1.51. The lowest BCUT2D eigenvalue weighted by molar-refractivity contribution is -0.139. The standard InChI is InChI=1S/C23H24BrNO3/c1-2-3-4-8-15-25-20(16-11-13-18(24)14-12-16)19(22(27)23(25)28)21(26)17-9-6-5-7-10-17/h5-7,9-14,20,26H,2-4,8,15H2,1H3/b21-19+/t20-/m1/s1. The summed E-state index contributed by atoms with van der Waals surface area (Å²) < 4.78 is 0.916. The second kappa shape index (κ2) is 9.20. The van der Waals surface area contributed by atoms with Crippen LogP contribution in [0.4, 0.5) is 0 Å². The summed E-state index contributed by atoms with van der Waals surface area (Å²) in [5.74, 6) is -1.28. The smallest absolute Gasteiger partial charge is 0.295 e. The van der Waals surface area contributed by atoms with Crippen LogP contribution in [0.25, 0.3) is 5.76 Å². The van der Waals surface area contributed by atoms with Gasteiger partial charge in [0.05, 0.1) is 11.6 Å². The predicted molar refractivity (Wildman–Crippen MR) is 114 cm³/mol. The minimum absolute atomic E-state index is 0.122. The number of aliphatic hydroxyl groups excluding tert-OH is 1. The maximum Gasteiger partial charge on any atom is 0.295 e. The highest BCUT2D eigenvalue weighted by molar-refractivity contribution is 9.10. The number of aliphatic hydroxyl groups is 1. The van der Waals surface area contributed by atoms with E-state index in [1.165, 1.54) is 0 Å². The number of hydrogen-bond donors (Lipinski definition) is 1. The first-order chi connectivity index (χ1) is 13.5. The number of ketones is 1. The van der Waals surface area contributed by atoms with Gasteiger partial charge in [0.15, 0.2) is 0 Å². The number of halogens is 1. The van der Waals surface area contributed by atoms with E-state index in [1.807, 2.05) is 30.3 Å². The van der Waals surface area contributed by atoms with E-state index in [1.54, 1.807) is 29.2 Å². The van der Waals surface area contributed by atoms with Crippen LogP contribution >= 0.6 is 15.9 Å². The number of Topliss-reactive ketones (excluding diaryl/α,β-unsaturated/α-hetero) is 1. The topological polar surface area (TPSA) is 57.6 Å². The van der Waals surface area contributed by atoms with Crippen LogP contribution in [0.15, 0.2) is 64.6 Å². The number of nitrogens with zero attached hydrogens (tertiary/aromatic N) is 1. The van der Waals surface area contributed by atoms with Crippen molar-refractivity contribution in [3.63, 3.8) is 0 Å². The van der Waals surface area contributed by atoms with Crippen molar-refractivity contribution in [1.82, 2.24) is 4.90 Å². The highest BCUT2D eigenvalue weighted by atomic mass is 79.9. The Morgan fingerprint density at radius 2 is 1.68 bits per heavy atom. The lowest BCUT2D eigenvalue weighted by Crippen LogP contribution is -2.30. The Kier molecular flexibility index (Phi) is 6.68. The molecule has 2 aromatic carbocycles. The van der Waals surface area contributed by atoms with Crippen molar-refractivity contribution in [3.8, 4) is 0 Å². The summed E-state index contributed by atoms with van der Waals surface area (Å²) in [6, 6.07) is 15.9. The minimum atomic E-state index is -0.621. The first kappa shape index (κ1) is 20.3. The number of benzene rings is 2. The van der Waals surface area contributed by atoms with Gasteiger partial charge in [0.2, 0.25) is 0 Å². The third-order valence-corrected chi connectivity index (χ3v) is 5.55. The molecule has 1 aliphatic heterocycles. The Bertz CT molecular complexity index is 874. The minimum Gasteiger partial charge on any atom is -0.507 e. The van der Waals surface area contributed by atoms with Crippen molar-refractivity contribution in [1.29, 1.82) is 0 Å². The number of rotatable bonds is 7. The second-order valence-electron chi connectivity index (χ2n) is 6.97. The van der Waals surface area contributed by atoms with Crippen LogP contribution in [0, 0.1) is 0 Å². The first-order valence-corrected chi connectivity index (χ1v) is 10.4. The number of unbranched alkanes of at least 4 members (excludes halogenated alkanes) is 3. The molecule has 0 aromatic heterocycles. The van der Waals surface area contributed by atoms with Gasteiger partial charge in [0.1, 0.15) is 5.76 Å². The van der Waals surface area contributed by atoms with E-state index < -0.39 is 17.7 Å². The van der Waals surface area contributed by atoms with Gasteiger partial charge in [-0.15, -0.1) is 0 Å². The van der Waals surface area contributed by atoms with Crippen molar-refractivity contribution in [2.24, 2.45) is 0 Å². The van der Waals surface area contributed by atoms with Gasteiger partial charge >= 0.3 is 0 Å². The predicted octanol–water partition coefficient (Wildman–Crippen LogP) is 5.45. The van der Waals surface area contributed by atoms with Crippen molar-refractivity contribution in [2.45, 2.75) is 38.6 Å². The lowest BCUT2D eigenvalue weighted by atomic mass is 9.95. The molecule has 1 fully saturated rings. The monoisotopic (exact) mass is 441 g/mol. The number of carbonyl (C=O) groups excluding carboxylic acids is 2. The molecule has 3 rings (SSSR count). The maximum atomic E-state index is 12.9. The normalized spacial score (nSPS) is 18.6. The van der Waals surface area contributed by atoms with Crippen LogP contribution in [0.5, 0.6) is 0 Å². The molecule has 0 spiro atoms. The zero-order valence-electron chi connectivity index (χ0n) is 15.9. The number of likely N-dealkylation sites (tertiary alicyclic amines) is 1. The molecule has 1 heterocycles. The molecule has 0 unspecified atom stereocenters. The summed E-state index contributed by atoms with van der Waals surface area (Å²) in [6.07, 6.45) is 4.03. The molecule has 1 N–H and O–H groups in total. The summed E-state index contributed by atoms with van der Waals surface area (Å²) in [6.45, 7) is 2.63. The molecule has 5 heteroatoms. The molecule has 0 saturated carbocycles. The van der Waals surface area contributed by atoms with Crippen LogP contribution in [0.2, 0.25) is 0 Å². The molecule has 1 atom stereocenters. The average molecular weight is 442 g/mol. The van der Waals surface area contributed by atoms with Gasteiger partial charge in [-0.3, -0.25) is 9.59 Å². The van der Waals surface area contributed by atoms with E-state index in [0.717, 1.165) is 35.7 Å². The first-order valence-electron chi connectivity index (χ1n) is 9.64. The van der Waals surface area contributed by atoms with Crippen LogP contribution in [0.1, 0.15) is 49.8 Å². The second-order valence-corrected chi connectivity index (χ2v) is 7.89. The molecule has 0 bridgehead atoms. The summed E-state index contributed by atoms with van der Waals surface area (Å²) in [4.78, 5) is 27.2. The summed E-state index contributed by atoms with van der Waals surface area (Å²) in [7, 11) is 0. The molecular weight excluding hydrogens is 418 g/mol. The van der Waals surface area contributed by atoms with E-state index in [4.69, 9.17) is 0 Å². The third-order valence-electron chi connectivity index (χ3n) is 5.03. The molecule has 0 aliphatic carbocycles. The molecule has 1 saturated heterocycles. The quantitative estimate of drug-likeness (QED) is 0.269. The molecule has 146 valence electrons. The Balaban J connectivity index is 2.04. The fourth-order valence-corrected chi connectivity index (χ4v) is 3.83. The Morgan fingerprint density at radius 1 is 1.00 bits per heavy atom. The maximum absolute atomic E-state index is 12.9. The number of amides is 1. The van der Waals surface area contributed by atoms with Crippen molar-refractivity contribution >= 4 is 33.4 Å². The third kappa shape index (κ3) is 4.20. The largest absolute Gasteiger partial charge is 0.507 e. The van der Waals surface area contributed by atoms with Crippen LogP contribution in [-0.2, 0) is 9.59 Å². The van der Waals surface area contributed by atoms with E-state index >= 15 is 0 Å². The SMILES string of the molecule is CCCCCCN1C(=O)C(=O)/C(=C(/O)c2ccccc2)[C@H]1c1ccc(Br)cc1. The van der Waals surface area contributed by atoms with Gasteiger partial charge < -0.3 is 10.0 Å². The number of hydrogen-bond acceptors (Lipinski definition) is 3. The van der Waals surface area contributed by atoms with E-state index in [-0.39, 0.29) is 11.3 Å². The Labute approximate surface area is 174 Å². The van der Waals surface area contributed by atoms with Gasteiger partial charge in [0, 0.05) is 16.6 Å². The molecule has 0 radical (unpaired) electrons. The molecule has 4 nitrogen and oxygen atoms in total. The van der Waals surface area contributed by atoms with Gasteiger partial charge in [-0.1, -0.05) is 84.6 Å². The Hall–Kier alpha value is -2.40. The summed E-state index contributed by atoms with van der Waals surface area (Å²) in [5, 5.41) is 10.9. The van der Waals surface area contributed by atoms with Gasteiger partial charge in [0.25, 0.3) is 11.7 Å².